The van der Waals surface area contributed by atoms with E-state index >= 15 is 0 Å². The number of rotatable bonds is 4. The summed E-state index contributed by atoms with van der Waals surface area (Å²) < 4.78 is 6.79. The molecule has 4 heterocycles. The van der Waals surface area contributed by atoms with Gasteiger partial charge in [-0.05, 0) is 66.0 Å². The van der Waals surface area contributed by atoms with Gasteiger partial charge in [-0.2, -0.15) is 5.10 Å². The number of nitrogens with one attached hydrogen (secondary N) is 1. The lowest BCUT2D eigenvalue weighted by Crippen LogP contribution is -2.56. The maximum Gasteiger partial charge on any atom is 0.133 e. The minimum atomic E-state index is 0.273. The lowest BCUT2D eigenvalue weighted by Gasteiger charge is -2.45. The third kappa shape index (κ3) is 2.35. The Balaban J connectivity index is 1.57. The van der Waals surface area contributed by atoms with Crippen LogP contribution in [0.4, 0.5) is 0 Å². The quantitative estimate of drug-likeness (QED) is 0.891. The van der Waals surface area contributed by atoms with Crippen LogP contribution in [0.25, 0.3) is 0 Å². The number of benzene rings is 1. The van der Waals surface area contributed by atoms with E-state index < -0.39 is 0 Å². The first-order valence-electron chi connectivity index (χ1n) is 8.27. The monoisotopic (exact) mass is 363 g/mol. The highest BCUT2D eigenvalue weighted by Gasteiger charge is 2.46. The fourth-order valence-electron chi connectivity index (χ4n) is 3.95. The van der Waals surface area contributed by atoms with Crippen molar-refractivity contribution in [1.29, 1.82) is 0 Å². The van der Waals surface area contributed by atoms with Crippen molar-refractivity contribution in [3.63, 3.8) is 0 Å². The van der Waals surface area contributed by atoms with E-state index in [1.54, 1.807) is 0 Å². The Morgan fingerprint density at radius 3 is 2.91 bits per heavy atom. The van der Waals surface area contributed by atoms with Gasteiger partial charge in [-0.1, -0.05) is 13.0 Å². The van der Waals surface area contributed by atoms with Crippen molar-refractivity contribution in [3.8, 4) is 5.75 Å². The van der Waals surface area contributed by atoms with Gasteiger partial charge < -0.3 is 10.2 Å². The molecule has 1 aromatic carbocycles. The molecule has 4 aliphatic rings. The maximum absolute atomic E-state index is 5.75. The van der Waals surface area contributed by atoms with Crippen molar-refractivity contribution in [3.05, 3.63) is 28.2 Å². The fourth-order valence-corrected chi connectivity index (χ4v) is 4.46. The molecular formula is C17H22BrN3O. The molecule has 2 atom stereocenters. The van der Waals surface area contributed by atoms with Crippen molar-refractivity contribution in [1.82, 2.24) is 10.3 Å². The molecule has 0 radical (unpaired) electrons. The zero-order valence-electron chi connectivity index (χ0n) is 12.9. The number of hydrazone groups is 1. The van der Waals surface area contributed by atoms with E-state index in [9.17, 15) is 0 Å². The Morgan fingerprint density at radius 2 is 2.18 bits per heavy atom. The number of nitrogens with zero attached hydrogens (tertiary/aromatic N) is 2. The Kier molecular flexibility index (Phi) is 3.86. The van der Waals surface area contributed by atoms with Crippen LogP contribution in [0.5, 0.6) is 5.75 Å². The van der Waals surface area contributed by atoms with Gasteiger partial charge in [0.05, 0.1) is 28.9 Å². The summed E-state index contributed by atoms with van der Waals surface area (Å²) in [7, 11) is 0. The molecule has 1 N–H and O–H groups in total. The van der Waals surface area contributed by atoms with Crippen LogP contribution >= 0.6 is 15.9 Å². The summed E-state index contributed by atoms with van der Waals surface area (Å²) in [6.07, 6.45) is 3.57. The van der Waals surface area contributed by atoms with Crippen LogP contribution in [-0.4, -0.2) is 36.3 Å². The number of halogens is 1. The van der Waals surface area contributed by atoms with Crippen molar-refractivity contribution in [2.75, 3.05) is 19.7 Å². The normalized spacial score (nSPS) is 32.4. The molecule has 4 nitrogen and oxygen atoms in total. The number of fused-ring (bicyclic) bond motifs is 2. The molecule has 0 aliphatic carbocycles. The standard InChI is InChI=1S/C17H22BrN3O/c1-2-9-22-14-4-3-12(10-13(14)18)16-17-15(19-20-16)11-5-7-21(17)8-6-11/h3-4,10-11,16-17,20H,2,5-9H2,1H3. The SMILES string of the molecule is CCCOc1ccc(C2NN=C3C4CCN(CC4)C32)cc1Br. The third-order valence-corrected chi connectivity index (χ3v) is 5.69. The average molecular weight is 364 g/mol. The highest BCUT2D eigenvalue weighted by atomic mass is 79.9. The Labute approximate surface area is 140 Å². The van der Waals surface area contributed by atoms with Gasteiger partial charge in [0.25, 0.3) is 0 Å². The molecule has 3 saturated heterocycles. The maximum atomic E-state index is 5.75. The van der Waals surface area contributed by atoms with Crippen LogP contribution in [0.1, 0.15) is 37.8 Å². The van der Waals surface area contributed by atoms with Crippen LogP contribution in [0.2, 0.25) is 0 Å². The van der Waals surface area contributed by atoms with Crippen molar-refractivity contribution in [2.45, 2.75) is 38.3 Å². The molecule has 5 heteroatoms. The number of piperidine rings is 3. The molecule has 0 amide bonds. The van der Waals surface area contributed by atoms with Crippen molar-refractivity contribution in [2.24, 2.45) is 11.0 Å². The molecule has 0 spiro atoms. The first kappa shape index (κ1) is 14.5. The predicted octanol–water partition coefficient (Wildman–Crippen LogP) is 3.33. The van der Waals surface area contributed by atoms with Gasteiger partial charge in [0.2, 0.25) is 0 Å². The molecule has 3 fully saturated rings. The summed E-state index contributed by atoms with van der Waals surface area (Å²) in [6.45, 7) is 5.30. The molecule has 1 aromatic rings. The Morgan fingerprint density at radius 1 is 1.36 bits per heavy atom. The minimum absolute atomic E-state index is 0.273. The molecule has 4 aliphatic heterocycles. The number of hydrogen-bond donors (Lipinski definition) is 1. The van der Waals surface area contributed by atoms with Gasteiger partial charge in [-0.15, -0.1) is 0 Å². The molecule has 0 saturated carbocycles. The number of hydrogen-bond acceptors (Lipinski definition) is 4. The molecule has 22 heavy (non-hydrogen) atoms. The molecule has 118 valence electrons. The summed E-state index contributed by atoms with van der Waals surface area (Å²) >= 11 is 3.65. The second-order valence-corrected chi connectivity index (χ2v) is 7.29. The molecular weight excluding hydrogens is 342 g/mol. The summed E-state index contributed by atoms with van der Waals surface area (Å²) in [5, 5.41) is 4.68. The van der Waals surface area contributed by atoms with Crippen molar-refractivity contribution >= 4 is 21.6 Å². The highest BCUT2D eigenvalue weighted by molar-refractivity contribution is 9.10. The van der Waals surface area contributed by atoms with E-state index in [1.807, 2.05) is 0 Å². The summed E-state index contributed by atoms with van der Waals surface area (Å²) in [4.78, 5) is 2.60. The van der Waals surface area contributed by atoms with Gasteiger partial charge >= 0.3 is 0 Å². The van der Waals surface area contributed by atoms with E-state index in [0.29, 0.717) is 12.0 Å². The van der Waals surface area contributed by atoms with Crippen LogP contribution in [-0.2, 0) is 0 Å². The summed E-state index contributed by atoms with van der Waals surface area (Å²) in [5.41, 5.74) is 6.05. The topological polar surface area (TPSA) is 36.9 Å². The molecule has 5 rings (SSSR count). The Hall–Kier alpha value is -1.07. The van der Waals surface area contributed by atoms with E-state index in [4.69, 9.17) is 4.74 Å². The first-order chi connectivity index (χ1) is 10.8. The lowest BCUT2D eigenvalue weighted by molar-refractivity contribution is 0.133. The van der Waals surface area contributed by atoms with E-state index in [-0.39, 0.29) is 6.04 Å². The molecule has 0 aromatic heterocycles. The van der Waals surface area contributed by atoms with Gasteiger partial charge in [-0.3, -0.25) is 4.90 Å². The second-order valence-electron chi connectivity index (χ2n) is 6.44. The van der Waals surface area contributed by atoms with Gasteiger partial charge in [0.1, 0.15) is 5.75 Å². The van der Waals surface area contributed by atoms with Crippen LogP contribution in [0.15, 0.2) is 27.8 Å². The van der Waals surface area contributed by atoms with E-state index in [1.165, 1.54) is 37.2 Å². The van der Waals surface area contributed by atoms with Gasteiger partial charge in [0.15, 0.2) is 0 Å². The number of ether oxygens (including phenoxy) is 1. The molecule has 2 bridgehead atoms. The highest BCUT2D eigenvalue weighted by Crippen LogP contribution is 2.40. The fraction of sp³-hybridized carbons (Fsp3) is 0.588. The Bertz CT molecular complexity index is 596. The average Bonchev–Trinajstić information content (AvgIpc) is 3.02. The van der Waals surface area contributed by atoms with Gasteiger partial charge in [0, 0.05) is 5.92 Å². The van der Waals surface area contributed by atoms with E-state index in [0.717, 1.165) is 23.2 Å². The van der Waals surface area contributed by atoms with Crippen molar-refractivity contribution < 1.29 is 4.74 Å². The predicted molar refractivity (Wildman–Crippen MR) is 91.3 cm³/mol. The summed E-state index contributed by atoms with van der Waals surface area (Å²) in [5.74, 6) is 1.62. The van der Waals surface area contributed by atoms with Crippen LogP contribution < -0.4 is 10.2 Å². The van der Waals surface area contributed by atoms with Gasteiger partial charge in [-0.25, -0.2) is 0 Å². The largest absolute Gasteiger partial charge is 0.492 e. The zero-order chi connectivity index (χ0) is 15.1. The second kappa shape index (κ2) is 5.85. The van der Waals surface area contributed by atoms with Crippen LogP contribution in [0.3, 0.4) is 0 Å². The minimum Gasteiger partial charge on any atom is -0.492 e. The molecule has 2 unspecified atom stereocenters. The lowest BCUT2D eigenvalue weighted by atomic mass is 9.78. The first-order valence-corrected chi connectivity index (χ1v) is 9.06. The smallest absolute Gasteiger partial charge is 0.133 e. The summed E-state index contributed by atoms with van der Waals surface area (Å²) in [6, 6.07) is 7.15. The van der Waals surface area contributed by atoms with E-state index in [2.05, 4.69) is 56.5 Å². The zero-order valence-corrected chi connectivity index (χ0v) is 14.5. The third-order valence-electron chi connectivity index (χ3n) is 5.07. The van der Waals surface area contributed by atoms with Crippen LogP contribution in [0, 0.1) is 5.92 Å².